The Kier molecular flexibility index (Phi) is 4.42. The van der Waals surface area contributed by atoms with Gasteiger partial charge in [-0.1, -0.05) is 31.7 Å². The van der Waals surface area contributed by atoms with E-state index in [0.29, 0.717) is 24.3 Å². The zero-order valence-corrected chi connectivity index (χ0v) is 12.1. The molecule has 1 aromatic heterocycles. The summed E-state index contributed by atoms with van der Waals surface area (Å²) < 4.78 is 12.4. The van der Waals surface area contributed by atoms with Crippen LogP contribution in [0.5, 0.6) is 11.6 Å². The summed E-state index contributed by atoms with van der Waals surface area (Å²) in [5, 5.41) is 10.1. The Morgan fingerprint density at radius 3 is 2.81 bits per heavy atom. The number of para-hydroxylation sites is 1. The van der Waals surface area contributed by atoms with Gasteiger partial charge in [0.15, 0.2) is 0 Å². The third kappa shape index (κ3) is 2.81. The Labute approximate surface area is 122 Å². The SMILES string of the molecule is C=CCOc1ccccc1-c1oc(=O)c(CC)c(O)[n+]1C. The fourth-order valence-corrected chi connectivity index (χ4v) is 2.06. The molecule has 5 nitrogen and oxygen atoms in total. The highest BCUT2D eigenvalue weighted by Crippen LogP contribution is 2.28. The first-order chi connectivity index (χ1) is 10.1. The van der Waals surface area contributed by atoms with Crippen molar-refractivity contribution in [1.29, 1.82) is 0 Å². The van der Waals surface area contributed by atoms with Crippen molar-refractivity contribution in [2.24, 2.45) is 7.05 Å². The molecule has 1 aromatic carbocycles. The molecule has 0 aliphatic carbocycles. The van der Waals surface area contributed by atoms with Gasteiger partial charge in [0.1, 0.15) is 30.5 Å². The van der Waals surface area contributed by atoms with Crippen LogP contribution in [-0.4, -0.2) is 11.7 Å². The first kappa shape index (κ1) is 14.8. The molecule has 2 aromatic rings. The molecule has 0 spiro atoms. The third-order valence-corrected chi connectivity index (χ3v) is 3.16. The van der Waals surface area contributed by atoms with Crippen LogP contribution in [0.4, 0.5) is 0 Å². The molecule has 0 fully saturated rings. The van der Waals surface area contributed by atoms with Gasteiger partial charge < -0.3 is 14.3 Å². The van der Waals surface area contributed by atoms with E-state index in [1.165, 1.54) is 4.57 Å². The van der Waals surface area contributed by atoms with Crippen LogP contribution in [0.15, 0.2) is 46.1 Å². The monoisotopic (exact) mass is 288 g/mol. The Morgan fingerprint density at radius 2 is 2.14 bits per heavy atom. The van der Waals surface area contributed by atoms with E-state index in [2.05, 4.69) is 6.58 Å². The fourth-order valence-electron chi connectivity index (χ4n) is 2.06. The molecule has 1 N–H and O–H groups in total. The minimum Gasteiger partial charge on any atom is -0.489 e. The van der Waals surface area contributed by atoms with Crippen LogP contribution in [0.2, 0.25) is 0 Å². The van der Waals surface area contributed by atoms with Gasteiger partial charge in [-0.05, 0) is 18.6 Å². The zero-order chi connectivity index (χ0) is 15.4. The van der Waals surface area contributed by atoms with E-state index in [1.807, 2.05) is 6.07 Å². The molecule has 110 valence electrons. The van der Waals surface area contributed by atoms with Crippen molar-refractivity contribution in [2.45, 2.75) is 13.3 Å². The summed E-state index contributed by atoms with van der Waals surface area (Å²) in [5.74, 6) is 0.705. The molecule has 2 rings (SSSR count). The van der Waals surface area contributed by atoms with Gasteiger partial charge in [-0.2, -0.15) is 0 Å². The Balaban J connectivity index is 2.63. The summed E-state index contributed by atoms with van der Waals surface area (Å²) >= 11 is 0. The number of nitrogens with zero attached hydrogens (tertiary/aromatic N) is 1. The number of hydrogen-bond donors (Lipinski definition) is 1. The van der Waals surface area contributed by atoms with Crippen molar-refractivity contribution in [2.75, 3.05) is 6.61 Å². The minimum atomic E-state index is -0.540. The molecule has 5 heteroatoms. The van der Waals surface area contributed by atoms with Crippen molar-refractivity contribution >= 4 is 0 Å². The van der Waals surface area contributed by atoms with E-state index < -0.39 is 5.63 Å². The molecule has 0 saturated carbocycles. The molecule has 0 unspecified atom stereocenters. The smallest absolute Gasteiger partial charge is 0.390 e. The summed E-state index contributed by atoms with van der Waals surface area (Å²) in [7, 11) is 1.64. The summed E-state index contributed by atoms with van der Waals surface area (Å²) in [6.45, 7) is 5.72. The summed E-state index contributed by atoms with van der Waals surface area (Å²) in [6, 6.07) is 7.16. The van der Waals surface area contributed by atoms with Crippen LogP contribution in [0.25, 0.3) is 11.5 Å². The lowest BCUT2D eigenvalue weighted by Crippen LogP contribution is -2.35. The van der Waals surface area contributed by atoms with Crippen LogP contribution in [0.3, 0.4) is 0 Å². The van der Waals surface area contributed by atoms with Crippen molar-refractivity contribution in [3.63, 3.8) is 0 Å². The van der Waals surface area contributed by atoms with E-state index in [4.69, 9.17) is 9.15 Å². The van der Waals surface area contributed by atoms with Crippen LogP contribution < -0.4 is 14.9 Å². The predicted molar refractivity (Wildman–Crippen MR) is 78.3 cm³/mol. The van der Waals surface area contributed by atoms with Crippen molar-refractivity contribution in [1.82, 2.24) is 0 Å². The van der Waals surface area contributed by atoms with Crippen LogP contribution in [0, 0.1) is 0 Å². The van der Waals surface area contributed by atoms with Crippen LogP contribution in [0.1, 0.15) is 12.5 Å². The zero-order valence-electron chi connectivity index (χ0n) is 12.1. The number of benzene rings is 1. The highest BCUT2D eigenvalue weighted by molar-refractivity contribution is 5.60. The summed E-state index contributed by atoms with van der Waals surface area (Å²) in [4.78, 5) is 11.9. The lowest BCUT2D eigenvalue weighted by molar-refractivity contribution is -0.676. The molecule has 0 bridgehead atoms. The van der Waals surface area contributed by atoms with Gasteiger partial charge in [0.25, 0.3) is 0 Å². The second-order valence-corrected chi connectivity index (χ2v) is 4.51. The lowest BCUT2D eigenvalue weighted by atomic mass is 10.2. The second-order valence-electron chi connectivity index (χ2n) is 4.51. The second kappa shape index (κ2) is 6.26. The standard InChI is InChI=1S/C16H17NO4/c1-4-10-20-13-9-7-6-8-12(13)15-17(3)14(18)11(5-2)16(19)21-15/h4,6-9H,1,5,10H2,2-3H3/p+1. The molecule has 0 aliphatic rings. The summed E-state index contributed by atoms with van der Waals surface area (Å²) in [5.41, 5.74) is 0.310. The Bertz CT molecular complexity index is 719. The molecular formula is C16H18NO4+. The average molecular weight is 288 g/mol. The van der Waals surface area contributed by atoms with E-state index >= 15 is 0 Å². The van der Waals surface area contributed by atoms with Crippen molar-refractivity contribution in [3.05, 3.63) is 52.9 Å². The molecule has 1 heterocycles. The van der Waals surface area contributed by atoms with Gasteiger partial charge in [0, 0.05) is 0 Å². The Hall–Kier alpha value is -2.56. The van der Waals surface area contributed by atoms with E-state index in [1.54, 1.807) is 38.2 Å². The first-order valence-corrected chi connectivity index (χ1v) is 6.68. The lowest BCUT2D eigenvalue weighted by Gasteiger charge is -2.08. The van der Waals surface area contributed by atoms with Crippen molar-refractivity contribution in [3.8, 4) is 23.1 Å². The normalized spacial score (nSPS) is 10.4. The van der Waals surface area contributed by atoms with E-state index in [9.17, 15) is 9.90 Å². The highest BCUT2D eigenvalue weighted by Gasteiger charge is 2.26. The molecular weight excluding hydrogens is 270 g/mol. The third-order valence-electron chi connectivity index (χ3n) is 3.16. The van der Waals surface area contributed by atoms with Crippen LogP contribution >= 0.6 is 0 Å². The minimum absolute atomic E-state index is 0.0951. The molecule has 0 amide bonds. The van der Waals surface area contributed by atoms with Crippen molar-refractivity contribution < 1.29 is 18.8 Å². The Morgan fingerprint density at radius 1 is 1.43 bits per heavy atom. The van der Waals surface area contributed by atoms with E-state index in [-0.39, 0.29) is 17.3 Å². The molecule has 21 heavy (non-hydrogen) atoms. The largest absolute Gasteiger partial charge is 0.489 e. The van der Waals surface area contributed by atoms with Gasteiger partial charge in [-0.15, -0.1) is 4.57 Å². The predicted octanol–water partition coefficient (Wildman–Crippen LogP) is 1.96. The van der Waals surface area contributed by atoms with Gasteiger partial charge in [0.2, 0.25) is 0 Å². The quantitative estimate of drug-likeness (QED) is 0.675. The summed E-state index contributed by atoms with van der Waals surface area (Å²) in [6.07, 6.45) is 2.03. The number of aromatic hydroxyl groups is 1. The molecule has 0 aliphatic heterocycles. The number of rotatable bonds is 5. The maximum Gasteiger partial charge on any atom is 0.390 e. The molecule has 0 atom stereocenters. The first-order valence-electron chi connectivity index (χ1n) is 6.68. The van der Waals surface area contributed by atoms with Gasteiger partial charge >= 0.3 is 17.4 Å². The highest BCUT2D eigenvalue weighted by atomic mass is 16.5. The maximum atomic E-state index is 11.9. The molecule has 0 radical (unpaired) electrons. The van der Waals surface area contributed by atoms with Gasteiger partial charge in [-0.25, -0.2) is 4.79 Å². The van der Waals surface area contributed by atoms with Crippen LogP contribution in [-0.2, 0) is 13.5 Å². The maximum absolute atomic E-state index is 11.9. The number of aromatic nitrogens is 1. The molecule has 0 saturated heterocycles. The number of hydrogen-bond acceptors (Lipinski definition) is 4. The average Bonchev–Trinajstić information content (AvgIpc) is 2.50. The van der Waals surface area contributed by atoms with Gasteiger partial charge in [0.05, 0.1) is 0 Å². The topological polar surface area (TPSA) is 63.6 Å². The van der Waals surface area contributed by atoms with E-state index in [0.717, 1.165) is 0 Å². The number of ether oxygens (including phenoxy) is 1. The van der Waals surface area contributed by atoms with Gasteiger partial charge in [-0.3, -0.25) is 0 Å². The fraction of sp³-hybridized carbons (Fsp3) is 0.250.